The van der Waals surface area contributed by atoms with Crippen LogP contribution in [0.4, 0.5) is 0 Å². The van der Waals surface area contributed by atoms with Crippen LogP contribution in [0.15, 0.2) is 36.4 Å². The lowest BCUT2D eigenvalue weighted by Gasteiger charge is -2.22. The van der Waals surface area contributed by atoms with Crippen molar-refractivity contribution in [3.05, 3.63) is 69.2 Å². The van der Waals surface area contributed by atoms with E-state index in [4.69, 9.17) is 11.6 Å². The first-order chi connectivity index (χ1) is 13.1. The van der Waals surface area contributed by atoms with Crippen molar-refractivity contribution >= 4 is 17.5 Å². The third-order valence-electron chi connectivity index (χ3n) is 5.88. The number of hydrogen-bond donors (Lipinski definition) is 1. The highest BCUT2D eigenvalue weighted by molar-refractivity contribution is 6.34. The molecule has 0 spiro atoms. The number of carbonyl (C=O) groups excluding carboxylic acids is 1. The molecular weight excluding hydrogens is 356 g/mol. The van der Waals surface area contributed by atoms with E-state index in [-0.39, 0.29) is 5.91 Å². The first-order valence-electron chi connectivity index (χ1n) is 10.0. The molecule has 1 amide bonds. The molecule has 4 rings (SSSR count). The quantitative estimate of drug-likeness (QED) is 0.819. The minimum Gasteiger partial charge on any atom is -0.330 e. The Morgan fingerprint density at radius 1 is 1.07 bits per heavy atom. The SMILES string of the molecule is CCc1ccc(CN2Cc3cc(CC4CCNCC4)cc(Cl)c3C2=O)cc1. The maximum Gasteiger partial charge on any atom is 0.256 e. The Kier molecular flexibility index (Phi) is 5.51. The van der Waals surface area contributed by atoms with Crippen LogP contribution >= 0.6 is 11.6 Å². The van der Waals surface area contributed by atoms with Crippen LogP contribution in [-0.4, -0.2) is 23.9 Å². The van der Waals surface area contributed by atoms with Gasteiger partial charge < -0.3 is 10.2 Å². The molecule has 27 heavy (non-hydrogen) atoms. The first kappa shape index (κ1) is 18.5. The molecule has 1 N–H and O–H groups in total. The Morgan fingerprint density at radius 3 is 2.48 bits per heavy atom. The molecular formula is C23H27ClN2O. The third-order valence-corrected chi connectivity index (χ3v) is 6.18. The predicted molar refractivity (Wildman–Crippen MR) is 110 cm³/mol. The summed E-state index contributed by atoms with van der Waals surface area (Å²) < 4.78 is 0. The van der Waals surface area contributed by atoms with Gasteiger partial charge in [0.2, 0.25) is 0 Å². The fraction of sp³-hybridized carbons (Fsp3) is 0.435. The molecule has 2 aliphatic heterocycles. The van der Waals surface area contributed by atoms with E-state index < -0.39 is 0 Å². The van der Waals surface area contributed by atoms with E-state index >= 15 is 0 Å². The van der Waals surface area contributed by atoms with Gasteiger partial charge in [-0.2, -0.15) is 0 Å². The van der Waals surface area contributed by atoms with E-state index in [2.05, 4.69) is 42.6 Å². The topological polar surface area (TPSA) is 32.3 Å². The number of rotatable bonds is 5. The summed E-state index contributed by atoms with van der Waals surface area (Å²) in [4.78, 5) is 14.8. The number of fused-ring (bicyclic) bond motifs is 1. The molecule has 4 heteroatoms. The van der Waals surface area contributed by atoms with Crippen molar-refractivity contribution in [1.29, 1.82) is 0 Å². The molecule has 3 nitrogen and oxygen atoms in total. The molecule has 0 unspecified atom stereocenters. The summed E-state index contributed by atoms with van der Waals surface area (Å²) in [5, 5.41) is 4.03. The molecule has 2 aromatic rings. The number of amides is 1. The standard InChI is InChI=1S/C23H27ClN2O/c1-2-16-3-5-18(6-4-16)14-26-15-20-12-19(11-17-7-9-25-10-8-17)13-21(24)22(20)23(26)27/h3-6,12-13,17,25H,2,7-11,14-15H2,1H3. The molecule has 0 bridgehead atoms. The molecule has 0 aromatic heterocycles. The maximum atomic E-state index is 12.9. The van der Waals surface area contributed by atoms with E-state index in [1.807, 2.05) is 11.0 Å². The van der Waals surface area contributed by atoms with Crippen LogP contribution in [0.2, 0.25) is 5.02 Å². The van der Waals surface area contributed by atoms with E-state index in [9.17, 15) is 4.79 Å². The third kappa shape index (κ3) is 4.04. The number of hydrogen-bond acceptors (Lipinski definition) is 2. The van der Waals surface area contributed by atoms with Gasteiger partial charge in [-0.1, -0.05) is 48.9 Å². The average Bonchev–Trinajstić information content (AvgIpc) is 2.99. The minimum atomic E-state index is 0.0583. The van der Waals surface area contributed by atoms with Crippen LogP contribution in [0, 0.1) is 5.92 Å². The Balaban J connectivity index is 1.49. The van der Waals surface area contributed by atoms with Gasteiger partial charge in [0.15, 0.2) is 0 Å². The average molecular weight is 383 g/mol. The molecule has 1 saturated heterocycles. The summed E-state index contributed by atoms with van der Waals surface area (Å²) in [7, 11) is 0. The van der Waals surface area contributed by atoms with Crippen molar-refractivity contribution in [2.75, 3.05) is 13.1 Å². The number of nitrogens with zero attached hydrogens (tertiary/aromatic N) is 1. The normalized spacial score (nSPS) is 17.4. The highest BCUT2D eigenvalue weighted by Crippen LogP contribution is 2.33. The molecule has 2 aliphatic rings. The lowest BCUT2D eigenvalue weighted by atomic mass is 9.90. The fourth-order valence-corrected chi connectivity index (χ4v) is 4.63. The van der Waals surface area contributed by atoms with Gasteiger partial charge in [0, 0.05) is 13.1 Å². The second-order valence-electron chi connectivity index (χ2n) is 7.84. The summed E-state index contributed by atoms with van der Waals surface area (Å²) in [6.45, 7) is 5.65. The second kappa shape index (κ2) is 8.04. The summed E-state index contributed by atoms with van der Waals surface area (Å²) in [6, 6.07) is 12.8. The summed E-state index contributed by atoms with van der Waals surface area (Å²) in [6.07, 6.45) is 4.52. The second-order valence-corrected chi connectivity index (χ2v) is 8.25. The molecule has 2 heterocycles. The van der Waals surface area contributed by atoms with Gasteiger partial charge >= 0.3 is 0 Å². The van der Waals surface area contributed by atoms with E-state index in [0.717, 1.165) is 31.5 Å². The first-order valence-corrected chi connectivity index (χ1v) is 10.4. The number of benzene rings is 2. The van der Waals surface area contributed by atoms with Crippen molar-refractivity contribution in [3.8, 4) is 0 Å². The lowest BCUT2D eigenvalue weighted by molar-refractivity contribution is 0.0767. The van der Waals surface area contributed by atoms with Crippen LogP contribution in [0.1, 0.15) is 52.4 Å². The number of aryl methyl sites for hydroxylation is 1. The summed E-state index contributed by atoms with van der Waals surface area (Å²) >= 11 is 6.54. The zero-order chi connectivity index (χ0) is 18.8. The van der Waals surface area contributed by atoms with Crippen LogP contribution in [0.25, 0.3) is 0 Å². The van der Waals surface area contributed by atoms with Gasteiger partial charge in [0.1, 0.15) is 0 Å². The molecule has 142 valence electrons. The van der Waals surface area contributed by atoms with Gasteiger partial charge in [-0.15, -0.1) is 0 Å². The number of halogens is 1. The molecule has 0 saturated carbocycles. The largest absolute Gasteiger partial charge is 0.330 e. The van der Waals surface area contributed by atoms with Crippen molar-refractivity contribution in [2.24, 2.45) is 5.92 Å². The van der Waals surface area contributed by atoms with Crippen LogP contribution in [-0.2, 0) is 25.9 Å². The Bertz CT molecular complexity index is 825. The fourth-order valence-electron chi connectivity index (χ4n) is 4.29. The molecule has 1 fully saturated rings. The highest BCUT2D eigenvalue weighted by Gasteiger charge is 2.30. The minimum absolute atomic E-state index is 0.0583. The van der Waals surface area contributed by atoms with E-state index in [1.54, 1.807) is 0 Å². The summed E-state index contributed by atoms with van der Waals surface area (Å²) in [5.74, 6) is 0.772. The molecule has 0 aliphatic carbocycles. The van der Waals surface area contributed by atoms with Crippen LogP contribution in [0.5, 0.6) is 0 Å². The molecule has 0 atom stereocenters. The van der Waals surface area contributed by atoms with E-state index in [0.29, 0.717) is 29.6 Å². The lowest BCUT2D eigenvalue weighted by Crippen LogP contribution is -2.28. The number of carbonyl (C=O) groups is 1. The van der Waals surface area contributed by atoms with Crippen molar-refractivity contribution < 1.29 is 4.79 Å². The summed E-state index contributed by atoms with van der Waals surface area (Å²) in [5.41, 5.74) is 5.55. The van der Waals surface area contributed by atoms with Crippen LogP contribution < -0.4 is 5.32 Å². The van der Waals surface area contributed by atoms with Crippen molar-refractivity contribution in [1.82, 2.24) is 10.2 Å². The predicted octanol–water partition coefficient (Wildman–Crippen LogP) is 4.60. The van der Waals surface area contributed by atoms with Gasteiger partial charge in [-0.05, 0) is 73.0 Å². The Hall–Kier alpha value is -1.84. The Morgan fingerprint density at radius 2 is 1.78 bits per heavy atom. The maximum absolute atomic E-state index is 12.9. The highest BCUT2D eigenvalue weighted by atomic mass is 35.5. The Labute approximate surface area is 166 Å². The number of nitrogens with one attached hydrogen (secondary N) is 1. The molecule has 2 aromatic carbocycles. The van der Waals surface area contributed by atoms with Crippen molar-refractivity contribution in [3.63, 3.8) is 0 Å². The number of piperidine rings is 1. The van der Waals surface area contributed by atoms with Gasteiger partial charge in [-0.3, -0.25) is 4.79 Å². The van der Waals surface area contributed by atoms with Gasteiger partial charge in [0.25, 0.3) is 5.91 Å². The van der Waals surface area contributed by atoms with E-state index in [1.165, 1.54) is 29.5 Å². The smallest absolute Gasteiger partial charge is 0.256 e. The van der Waals surface area contributed by atoms with Gasteiger partial charge in [0.05, 0.1) is 10.6 Å². The molecule has 0 radical (unpaired) electrons. The van der Waals surface area contributed by atoms with Crippen LogP contribution in [0.3, 0.4) is 0 Å². The van der Waals surface area contributed by atoms with Crippen molar-refractivity contribution in [2.45, 2.75) is 45.7 Å². The zero-order valence-corrected chi connectivity index (χ0v) is 16.7. The monoisotopic (exact) mass is 382 g/mol. The van der Waals surface area contributed by atoms with Gasteiger partial charge in [-0.25, -0.2) is 0 Å². The zero-order valence-electron chi connectivity index (χ0n) is 15.9.